The van der Waals surface area contributed by atoms with Gasteiger partial charge in [-0.1, -0.05) is 12.1 Å². The highest BCUT2D eigenvalue weighted by Gasteiger charge is 2.13. The Morgan fingerprint density at radius 1 is 1.30 bits per heavy atom. The Labute approximate surface area is 116 Å². The predicted octanol–water partition coefficient (Wildman–Crippen LogP) is 3.01. The summed E-state index contributed by atoms with van der Waals surface area (Å²) in [4.78, 5) is 10.8. The van der Waals surface area contributed by atoms with Crippen LogP contribution in [0.15, 0.2) is 34.7 Å². The van der Waals surface area contributed by atoms with E-state index >= 15 is 0 Å². The number of furan rings is 1. The zero-order valence-electron chi connectivity index (χ0n) is 11.4. The molecule has 2 rings (SSSR count). The number of ether oxygens (including phenoxy) is 2. The van der Waals surface area contributed by atoms with Crippen molar-refractivity contribution in [2.24, 2.45) is 0 Å². The molecule has 0 aliphatic heterocycles. The molecule has 0 saturated heterocycles. The number of carbonyl (C=O) groups is 1. The van der Waals surface area contributed by atoms with Gasteiger partial charge >= 0.3 is 5.97 Å². The highest BCUT2D eigenvalue weighted by atomic mass is 16.5. The first-order chi connectivity index (χ1) is 9.60. The third kappa shape index (κ3) is 3.39. The molecule has 0 bridgehead atoms. The van der Waals surface area contributed by atoms with Crippen molar-refractivity contribution in [3.05, 3.63) is 53.0 Å². The minimum absolute atomic E-state index is 0.0748. The molecular weight excluding hydrogens is 260 g/mol. The Bertz CT molecular complexity index is 600. The number of benzene rings is 1. The molecule has 0 unspecified atom stereocenters. The van der Waals surface area contributed by atoms with Gasteiger partial charge in [0.25, 0.3) is 0 Å². The van der Waals surface area contributed by atoms with E-state index in [1.54, 1.807) is 14.0 Å². The molecule has 1 aromatic heterocycles. The molecule has 2 aromatic rings. The smallest absolute Gasteiger partial charge is 0.371 e. The SMILES string of the molecule is COCc1cccc(OCc2cc(C(=O)O)oc2C)c1. The molecule has 0 aliphatic rings. The van der Waals surface area contributed by atoms with Gasteiger partial charge in [-0.25, -0.2) is 4.79 Å². The summed E-state index contributed by atoms with van der Waals surface area (Å²) in [6.07, 6.45) is 0. The lowest BCUT2D eigenvalue weighted by atomic mass is 10.2. The quantitative estimate of drug-likeness (QED) is 0.878. The van der Waals surface area contributed by atoms with Crippen LogP contribution in [0.1, 0.15) is 27.4 Å². The van der Waals surface area contributed by atoms with Crippen LogP contribution >= 0.6 is 0 Å². The normalized spacial score (nSPS) is 10.5. The Balaban J connectivity index is 2.05. The van der Waals surface area contributed by atoms with Crippen molar-refractivity contribution >= 4 is 5.97 Å². The van der Waals surface area contributed by atoms with Gasteiger partial charge in [-0.2, -0.15) is 0 Å². The van der Waals surface area contributed by atoms with E-state index in [9.17, 15) is 4.79 Å². The maximum atomic E-state index is 10.8. The zero-order valence-corrected chi connectivity index (χ0v) is 11.4. The third-order valence-corrected chi connectivity index (χ3v) is 2.84. The van der Waals surface area contributed by atoms with Gasteiger partial charge in [-0.15, -0.1) is 0 Å². The van der Waals surface area contributed by atoms with E-state index < -0.39 is 5.97 Å². The molecule has 106 valence electrons. The Morgan fingerprint density at radius 3 is 2.75 bits per heavy atom. The molecule has 0 atom stereocenters. The van der Waals surface area contributed by atoms with Crippen LogP contribution in [0.25, 0.3) is 0 Å². The van der Waals surface area contributed by atoms with E-state index in [-0.39, 0.29) is 12.4 Å². The van der Waals surface area contributed by atoms with Crippen molar-refractivity contribution in [1.82, 2.24) is 0 Å². The van der Waals surface area contributed by atoms with Crippen LogP contribution in [0.2, 0.25) is 0 Å². The second-order valence-electron chi connectivity index (χ2n) is 4.37. The number of carboxylic acid groups (broad SMARTS) is 1. The fourth-order valence-electron chi connectivity index (χ4n) is 1.82. The lowest BCUT2D eigenvalue weighted by Gasteiger charge is -2.07. The number of hydrogen-bond donors (Lipinski definition) is 1. The summed E-state index contributed by atoms with van der Waals surface area (Å²) in [5.41, 5.74) is 1.74. The van der Waals surface area contributed by atoms with Gasteiger partial charge in [0.15, 0.2) is 0 Å². The van der Waals surface area contributed by atoms with E-state index in [4.69, 9.17) is 19.0 Å². The average Bonchev–Trinajstić information content (AvgIpc) is 2.79. The maximum absolute atomic E-state index is 10.8. The van der Waals surface area contributed by atoms with Crippen molar-refractivity contribution in [2.45, 2.75) is 20.1 Å². The molecule has 5 heteroatoms. The summed E-state index contributed by atoms with van der Waals surface area (Å²) in [6, 6.07) is 9.04. The highest BCUT2D eigenvalue weighted by Crippen LogP contribution is 2.19. The fraction of sp³-hybridized carbons (Fsp3) is 0.267. The molecule has 0 amide bonds. The summed E-state index contributed by atoms with van der Waals surface area (Å²) in [6.45, 7) is 2.50. The third-order valence-electron chi connectivity index (χ3n) is 2.84. The summed E-state index contributed by atoms with van der Waals surface area (Å²) in [5, 5.41) is 8.85. The number of rotatable bonds is 6. The number of hydrogen-bond acceptors (Lipinski definition) is 4. The number of methoxy groups -OCH3 is 1. The van der Waals surface area contributed by atoms with Crippen LogP contribution < -0.4 is 4.74 Å². The summed E-state index contributed by atoms with van der Waals surface area (Å²) in [5.74, 6) is 0.100. The average molecular weight is 276 g/mol. The van der Waals surface area contributed by atoms with Crippen molar-refractivity contribution in [1.29, 1.82) is 0 Å². The largest absolute Gasteiger partial charge is 0.489 e. The van der Waals surface area contributed by atoms with Crippen molar-refractivity contribution in [2.75, 3.05) is 7.11 Å². The Kier molecular flexibility index (Phi) is 4.42. The molecular formula is C15H16O5. The van der Waals surface area contributed by atoms with Gasteiger partial charge in [-0.05, 0) is 30.7 Å². The number of aromatic carboxylic acids is 1. The Morgan fingerprint density at radius 2 is 2.10 bits per heavy atom. The molecule has 0 fully saturated rings. The molecule has 1 aromatic carbocycles. The first-order valence-electron chi connectivity index (χ1n) is 6.13. The maximum Gasteiger partial charge on any atom is 0.371 e. The molecule has 0 radical (unpaired) electrons. The lowest BCUT2D eigenvalue weighted by molar-refractivity contribution is 0.0661. The highest BCUT2D eigenvalue weighted by molar-refractivity contribution is 5.84. The number of carboxylic acids is 1. The molecule has 1 heterocycles. The standard InChI is InChI=1S/C15H16O5/c1-10-12(7-14(20-10)15(16)17)9-19-13-5-3-4-11(6-13)8-18-2/h3-7H,8-9H2,1-2H3,(H,16,17). The lowest BCUT2D eigenvalue weighted by Crippen LogP contribution is -1.97. The summed E-state index contributed by atoms with van der Waals surface area (Å²) >= 11 is 0. The van der Waals surface area contributed by atoms with Crippen LogP contribution in [-0.2, 0) is 18.0 Å². The van der Waals surface area contributed by atoms with Crippen LogP contribution in [0.4, 0.5) is 0 Å². The van der Waals surface area contributed by atoms with Crippen molar-refractivity contribution in [3.8, 4) is 5.75 Å². The van der Waals surface area contributed by atoms with Crippen LogP contribution in [0, 0.1) is 6.92 Å². The van der Waals surface area contributed by atoms with Gasteiger partial charge in [0, 0.05) is 12.7 Å². The molecule has 0 saturated carbocycles. The van der Waals surface area contributed by atoms with E-state index in [2.05, 4.69) is 0 Å². The van der Waals surface area contributed by atoms with E-state index in [0.29, 0.717) is 18.1 Å². The number of aryl methyl sites for hydroxylation is 1. The topological polar surface area (TPSA) is 68.9 Å². The van der Waals surface area contributed by atoms with Gasteiger partial charge < -0.3 is 19.0 Å². The summed E-state index contributed by atoms with van der Waals surface area (Å²) in [7, 11) is 1.63. The van der Waals surface area contributed by atoms with Gasteiger partial charge in [-0.3, -0.25) is 0 Å². The monoisotopic (exact) mass is 276 g/mol. The van der Waals surface area contributed by atoms with Crippen molar-refractivity contribution < 1.29 is 23.8 Å². The van der Waals surface area contributed by atoms with Crippen LogP contribution in [-0.4, -0.2) is 18.2 Å². The second-order valence-corrected chi connectivity index (χ2v) is 4.37. The first-order valence-corrected chi connectivity index (χ1v) is 6.13. The molecule has 5 nitrogen and oxygen atoms in total. The minimum Gasteiger partial charge on any atom is -0.489 e. The molecule has 0 aliphatic carbocycles. The molecule has 0 spiro atoms. The van der Waals surface area contributed by atoms with Gasteiger partial charge in [0.1, 0.15) is 18.1 Å². The van der Waals surface area contributed by atoms with E-state index in [1.807, 2.05) is 24.3 Å². The molecule has 20 heavy (non-hydrogen) atoms. The van der Waals surface area contributed by atoms with Gasteiger partial charge in [0.2, 0.25) is 5.76 Å². The fourth-order valence-corrected chi connectivity index (χ4v) is 1.82. The van der Waals surface area contributed by atoms with E-state index in [0.717, 1.165) is 11.1 Å². The summed E-state index contributed by atoms with van der Waals surface area (Å²) < 4.78 is 15.8. The van der Waals surface area contributed by atoms with Crippen molar-refractivity contribution in [3.63, 3.8) is 0 Å². The van der Waals surface area contributed by atoms with Gasteiger partial charge in [0.05, 0.1) is 6.61 Å². The zero-order chi connectivity index (χ0) is 14.5. The Hall–Kier alpha value is -2.27. The van der Waals surface area contributed by atoms with Crippen LogP contribution in [0.5, 0.6) is 5.75 Å². The minimum atomic E-state index is -1.08. The predicted molar refractivity (Wildman–Crippen MR) is 71.9 cm³/mol. The first kappa shape index (κ1) is 14.1. The second kappa shape index (κ2) is 6.25. The van der Waals surface area contributed by atoms with E-state index in [1.165, 1.54) is 6.07 Å². The van der Waals surface area contributed by atoms with Crippen LogP contribution in [0.3, 0.4) is 0 Å². The molecule has 1 N–H and O–H groups in total.